The molecule has 2 amide bonds. The van der Waals surface area contributed by atoms with Gasteiger partial charge in [0, 0.05) is 35.2 Å². The Morgan fingerprint density at radius 1 is 1.06 bits per heavy atom. The van der Waals surface area contributed by atoms with Crippen LogP contribution in [0.25, 0.3) is 0 Å². The van der Waals surface area contributed by atoms with Crippen molar-refractivity contribution in [2.75, 3.05) is 6.61 Å². The van der Waals surface area contributed by atoms with Crippen molar-refractivity contribution in [1.29, 1.82) is 0 Å². The van der Waals surface area contributed by atoms with Gasteiger partial charge in [-0.2, -0.15) is 0 Å². The van der Waals surface area contributed by atoms with E-state index in [9.17, 15) is 23.5 Å². The summed E-state index contributed by atoms with van der Waals surface area (Å²) < 4.78 is 38.0. The maximum atomic E-state index is 13.5. The van der Waals surface area contributed by atoms with Crippen LogP contribution < -0.4 is 20.1 Å². The molecule has 0 radical (unpaired) electrons. The van der Waals surface area contributed by atoms with Gasteiger partial charge >= 0.3 is 0 Å². The van der Waals surface area contributed by atoms with Crippen molar-refractivity contribution in [3.05, 3.63) is 57.6 Å². The number of carbonyl (C=O) groups excluding carboxylic acids is 2. The van der Waals surface area contributed by atoms with Gasteiger partial charge in [0.05, 0.1) is 16.1 Å². The number of hydrogen-bond donors (Lipinski definition) is 3. The third-order valence-corrected chi connectivity index (χ3v) is 7.23. The molecule has 7 nitrogen and oxygen atoms in total. The van der Waals surface area contributed by atoms with Crippen LogP contribution in [0.2, 0.25) is 10.0 Å². The van der Waals surface area contributed by atoms with Crippen molar-refractivity contribution in [1.82, 2.24) is 10.6 Å². The maximum absolute atomic E-state index is 13.5. The van der Waals surface area contributed by atoms with Gasteiger partial charge < -0.3 is 25.2 Å². The zero-order valence-corrected chi connectivity index (χ0v) is 19.2. The van der Waals surface area contributed by atoms with E-state index in [1.54, 1.807) is 12.1 Å². The molecule has 0 aromatic heterocycles. The Bertz CT molecular complexity index is 1170. The van der Waals surface area contributed by atoms with E-state index in [0.29, 0.717) is 35.1 Å². The van der Waals surface area contributed by atoms with Gasteiger partial charge in [0.25, 0.3) is 11.8 Å². The first-order valence-electron chi connectivity index (χ1n) is 10.6. The van der Waals surface area contributed by atoms with E-state index < -0.39 is 40.8 Å². The van der Waals surface area contributed by atoms with E-state index >= 15 is 0 Å². The first-order valence-corrected chi connectivity index (χ1v) is 11.4. The van der Waals surface area contributed by atoms with Gasteiger partial charge in [-0.1, -0.05) is 23.2 Å². The van der Waals surface area contributed by atoms with Crippen LogP contribution in [-0.2, 0) is 9.59 Å². The van der Waals surface area contributed by atoms with Gasteiger partial charge in [0.2, 0.25) is 0 Å². The molecule has 3 saturated carbocycles. The first kappa shape index (κ1) is 23.1. The summed E-state index contributed by atoms with van der Waals surface area (Å²) in [6.45, 7) is -0.191. The molecular formula is C23H20Cl2F2N2O5. The quantitative estimate of drug-likeness (QED) is 0.550. The fourth-order valence-corrected chi connectivity index (χ4v) is 5.33. The van der Waals surface area contributed by atoms with Gasteiger partial charge in [0.1, 0.15) is 11.5 Å². The lowest BCUT2D eigenvalue weighted by molar-refractivity contribution is -0.155. The smallest absolute Gasteiger partial charge is 0.261 e. The molecule has 2 aromatic carbocycles. The van der Waals surface area contributed by atoms with Crippen molar-refractivity contribution in [2.24, 2.45) is 0 Å². The van der Waals surface area contributed by atoms with Crippen molar-refractivity contribution in [3.8, 4) is 11.5 Å². The van der Waals surface area contributed by atoms with Crippen molar-refractivity contribution < 1.29 is 33.0 Å². The Morgan fingerprint density at radius 3 is 2.44 bits per heavy atom. The maximum Gasteiger partial charge on any atom is 0.261 e. The van der Waals surface area contributed by atoms with Gasteiger partial charge in [-0.25, -0.2) is 8.78 Å². The first-order chi connectivity index (χ1) is 16.1. The molecule has 1 heterocycles. The normalized spacial score (nSPS) is 28.5. The number of nitrogens with one attached hydrogen (secondary N) is 2. The van der Waals surface area contributed by atoms with E-state index in [1.165, 1.54) is 6.07 Å². The summed E-state index contributed by atoms with van der Waals surface area (Å²) in [4.78, 5) is 25.0. The van der Waals surface area contributed by atoms with Crippen LogP contribution in [-0.4, -0.2) is 40.7 Å². The van der Waals surface area contributed by atoms with Crippen molar-refractivity contribution in [3.63, 3.8) is 0 Å². The minimum Gasteiger partial charge on any atom is -0.484 e. The second-order valence-electron chi connectivity index (χ2n) is 9.16. The Hall–Kier alpha value is -2.62. The molecule has 2 bridgehead atoms. The molecule has 180 valence electrons. The molecule has 2 unspecified atom stereocenters. The predicted molar refractivity (Wildman–Crippen MR) is 118 cm³/mol. The molecular weight excluding hydrogens is 493 g/mol. The number of fused-ring (bicyclic) bond motifs is 1. The van der Waals surface area contributed by atoms with E-state index in [0.717, 1.165) is 12.1 Å². The predicted octanol–water partition coefficient (Wildman–Crippen LogP) is 3.44. The molecule has 3 N–H and O–H groups in total. The minimum atomic E-state index is -1.15. The highest BCUT2D eigenvalue weighted by Crippen LogP contribution is 2.60. The highest BCUT2D eigenvalue weighted by atomic mass is 35.5. The standard InChI is InChI=1S/C23H20Cl2F2N2O5/c24-13-2-1-11(3-14(13)25)33-7-20(31)28-22-8-23(9-22,10-22)29-21(32)19-6-17(30)12-4-15(26)16(27)5-18(12)34-19/h1-5,17,19,30H,6-10H2,(H,28,31)(H,29,32). The number of halogens is 4. The number of ether oxygens (including phenoxy) is 2. The summed E-state index contributed by atoms with van der Waals surface area (Å²) >= 11 is 11.8. The summed E-state index contributed by atoms with van der Waals surface area (Å²) in [6, 6.07) is 6.42. The van der Waals surface area contributed by atoms with Crippen LogP contribution in [0.4, 0.5) is 8.78 Å². The molecule has 3 fully saturated rings. The zero-order valence-electron chi connectivity index (χ0n) is 17.7. The van der Waals surface area contributed by atoms with E-state index in [4.69, 9.17) is 32.7 Å². The SMILES string of the molecule is O=C(COc1ccc(Cl)c(Cl)c1)NC12CC(NC(=O)C3CC(O)c4cc(F)c(F)cc4O3)(C1)C2. The lowest BCUT2D eigenvalue weighted by Gasteiger charge is -2.70. The van der Waals surface area contributed by atoms with E-state index in [-0.39, 0.29) is 30.2 Å². The molecule has 0 spiro atoms. The average molecular weight is 513 g/mol. The van der Waals surface area contributed by atoms with Gasteiger partial charge in [-0.05, 0) is 37.5 Å². The van der Waals surface area contributed by atoms with Crippen molar-refractivity contribution >= 4 is 35.0 Å². The minimum absolute atomic E-state index is 0.0545. The number of aliphatic hydroxyl groups is 1. The summed E-state index contributed by atoms with van der Waals surface area (Å²) in [7, 11) is 0. The van der Waals surface area contributed by atoms with Crippen molar-refractivity contribution in [2.45, 2.75) is 49.0 Å². The molecule has 1 aliphatic heterocycles. The summed E-state index contributed by atoms with van der Waals surface area (Å²) in [5.74, 6) is -2.58. The van der Waals surface area contributed by atoms with Gasteiger partial charge in [-0.15, -0.1) is 0 Å². The van der Waals surface area contributed by atoms with Crippen LogP contribution in [0.3, 0.4) is 0 Å². The van der Waals surface area contributed by atoms with Crippen LogP contribution in [0.1, 0.15) is 37.4 Å². The Balaban J connectivity index is 1.11. The average Bonchev–Trinajstić information content (AvgIpc) is 2.73. The van der Waals surface area contributed by atoms with Crippen LogP contribution in [0.15, 0.2) is 30.3 Å². The summed E-state index contributed by atoms with van der Waals surface area (Å²) in [5, 5.41) is 16.8. The number of rotatable bonds is 6. The highest BCUT2D eigenvalue weighted by Gasteiger charge is 2.69. The summed E-state index contributed by atoms with van der Waals surface area (Å²) in [6.07, 6.45) is -0.606. The van der Waals surface area contributed by atoms with Gasteiger partial charge in [0.15, 0.2) is 24.3 Å². The lowest BCUT2D eigenvalue weighted by atomic mass is 9.44. The second-order valence-corrected chi connectivity index (χ2v) is 9.97. The molecule has 11 heteroatoms. The van der Waals surface area contributed by atoms with Gasteiger partial charge in [-0.3, -0.25) is 9.59 Å². The number of amides is 2. The monoisotopic (exact) mass is 512 g/mol. The lowest BCUT2D eigenvalue weighted by Crippen LogP contribution is -2.84. The second kappa shape index (κ2) is 8.25. The summed E-state index contributed by atoms with van der Waals surface area (Å²) in [5.41, 5.74) is -0.749. The third-order valence-electron chi connectivity index (χ3n) is 6.49. The molecule has 34 heavy (non-hydrogen) atoms. The largest absolute Gasteiger partial charge is 0.484 e. The number of hydrogen-bond acceptors (Lipinski definition) is 5. The van der Waals surface area contributed by atoms with E-state index in [2.05, 4.69) is 10.6 Å². The number of carbonyl (C=O) groups is 2. The highest BCUT2D eigenvalue weighted by molar-refractivity contribution is 6.42. The molecule has 4 aliphatic rings. The topological polar surface area (TPSA) is 96.9 Å². The fraction of sp³-hybridized carbons (Fsp3) is 0.391. The Morgan fingerprint density at radius 2 is 1.74 bits per heavy atom. The Kier molecular flexibility index (Phi) is 5.61. The molecule has 0 saturated heterocycles. The van der Waals surface area contributed by atoms with Crippen LogP contribution in [0.5, 0.6) is 11.5 Å². The molecule has 3 aliphatic carbocycles. The molecule has 2 atom stereocenters. The Labute approximate surface area is 203 Å². The number of benzene rings is 2. The van der Waals surface area contributed by atoms with E-state index in [1.807, 2.05) is 0 Å². The number of aliphatic hydroxyl groups excluding tert-OH is 1. The fourth-order valence-electron chi connectivity index (χ4n) is 5.04. The third kappa shape index (κ3) is 4.16. The zero-order chi connectivity index (χ0) is 24.3. The van der Waals surface area contributed by atoms with Crippen LogP contribution >= 0.6 is 23.2 Å². The molecule has 2 aromatic rings. The molecule has 6 rings (SSSR count). The van der Waals surface area contributed by atoms with Crippen LogP contribution in [0, 0.1) is 11.6 Å².